The summed E-state index contributed by atoms with van der Waals surface area (Å²) in [6.45, 7) is 1.57. The van der Waals surface area contributed by atoms with Gasteiger partial charge in [0.25, 0.3) is 0 Å². The van der Waals surface area contributed by atoms with E-state index in [1.54, 1.807) is 31.5 Å². The number of pyridine rings is 1. The molecule has 2 heterocycles. The normalized spacial score (nSPS) is 11.9. The van der Waals surface area contributed by atoms with Gasteiger partial charge in [0.15, 0.2) is 17.5 Å². The Hall–Kier alpha value is -3.20. The number of hydrogen-bond donors (Lipinski definition) is 3. The largest absolute Gasteiger partial charge is 0.394 e. The molecule has 0 amide bonds. The maximum Gasteiger partial charge on any atom is 0.225 e. The lowest BCUT2D eigenvalue weighted by atomic mass is 10.2. The van der Waals surface area contributed by atoms with Crippen molar-refractivity contribution in [3.8, 4) is 11.3 Å². The average Bonchev–Trinajstić information content (AvgIpc) is 2.69. The third-order valence-electron chi connectivity index (χ3n) is 3.63. The number of nitrogens with zero attached hydrogens (tertiary/aromatic N) is 3. The van der Waals surface area contributed by atoms with Crippen molar-refractivity contribution in [1.82, 2.24) is 15.0 Å². The number of rotatable bonds is 6. The maximum atomic E-state index is 14.0. The Morgan fingerprint density at radius 2 is 1.93 bits per heavy atom. The number of nitrogens with one attached hydrogen (secondary N) is 2. The van der Waals surface area contributed by atoms with Crippen LogP contribution in [0.3, 0.4) is 0 Å². The summed E-state index contributed by atoms with van der Waals surface area (Å²) in [6, 6.07) is 6.58. The van der Waals surface area contributed by atoms with E-state index in [-0.39, 0.29) is 30.1 Å². The Bertz CT molecular complexity index is 940. The molecule has 1 aromatic carbocycles. The molecule has 9 heteroatoms. The molecule has 27 heavy (non-hydrogen) atoms. The van der Waals surface area contributed by atoms with Crippen LogP contribution in [0.4, 0.5) is 30.6 Å². The number of hydrogen-bond acceptors (Lipinski definition) is 6. The van der Waals surface area contributed by atoms with Crippen LogP contribution in [0.1, 0.15) is 6.92 Å². The second-order valence-corrected chi connectivity index (χ2v) is 5.78. The average molecular weight is 375 g/mol. The van der Waals surface area contributed by atoms with Gasteiger partial charge in [0.2, 0.25) is 5.95 Å². The minimum absolute atomic E-state index is 0.152. The number of aliphatic hydroxyl groups is 1. The molecular formula is C18H16F3N5O. The summed E-state index contributed by atoms with van der Waals surface area (Å²) in [5, 5.41) is 14.7. The summed E-state index contributed by atoms with van der Waals surface area (Å²) in [6.07, 6.45) is 3.19. The van der Waals surface area contributed by atoms with Crippen LogP contribution in [0.25, 0.3) is 11.3 Å². The zero-order valence-corrected chi connectivity index (χ0v) is 14.2. The fraction of sp³-hybridized carbons (Fsp3) is 0.167. The van der Waals surface area contributed by atoms with E-state index in [1.807, 2.05) is 0 Å². The summed E-state index contributed by atoms with van der Waals surface area (Å²) in [4.78, 5) is 12.6. The maximum absolute atomic E-state index is 14.0. The second-order valence-electron chi connectivity index (χ2n) is 5.78. The van der Waals surface area contributed by atoms with E-state index in [1.165, 1.54) is 6.07 Å². The van der Waals surface area contributed by atoms with E-state index in [4.69, 9.17) is 0 Å². The van der Waals surface area contributed by atoms with Crippen LogP contribution >= 0.6 is 0 Å². The van der Waals surface area contributed by atoms with Crippen molar-refractivity contribution in [2.75, 3.05) is 17.2 Å². The fourth-order valence-electron chi connectivity index (χ4n) is 2.26. The van der Waals surface area contributed by atoms with Gasteiger partial charge < -0.3 is 15.7 Å². The van der Waals surface area contributed by atoms with Crippen molar-refractivity contribution in [2.24, 2.45) is 0 Å². The zero-order valence-electron chi connectivity index (χ0n) is 14.2. The molecule has 0 unspecified atom stereocenters. The topological polar surface area (TPSA) is 83.0 Å². The van der Waals surface area contributed by atoms with Gasteiger partial charge >= 0.3 is 0 Å². The molecule has 2 aromatic heterocycles. The molecule has 0 fully saturated rings. The molecule has 0 radical (unpaired) electrons. The van der Waals surface area contributed by atoms with Gasteiger partial charge in [-0.05, 0) is 31.2 Å². The first-order valence-corrected chi connectivity index (χ1v) is 8.05. The monoisotopic (exact) mass is 375 g/mol. The third kappa shape index (κ3) is 4.32. The van der Waals surface area contributed by atoms with E-state index in [2.05, 4.69) is 25.6 Å². The van der Waals surface area contributed by atoms with Crippen LogP contribution in [0, 0.1) is 17.5 Å². The number of aliphatic hydroxyl groups excluding tert-OH is 1. The summed E-state index contributed by atoms with van der Waals surface area (Å²) in [5.41, 5.74) is 0.871. The number of anilines is 3. The Balaban J connectivity index is 2.01. The van der Waals surface area contributed by atoms with Gasteiger partial charge in [0.05, 0.1) is 18.0 Å². The second kappa shape index (κ2) is 8.00. The van der Waals surface area contributed by atoms with Crippen LogP contribution in [0.15, 0.2) is 42.7 Å². The molecule has 1 atom stereocenters. The summed E-state index contributed by atoms with van der Waals surface area (Å²) in [5.74, 6) is -3.88. The van der Waals surface area contributed by atoms with E-state index in [9.17, 15) is 18.3 Å². The number of halogens is 3. The molecule has 3 rings (SSSR count). The highest BCUT2D eigenvalue weighted by Crippen LogP contribution is 2.26. The van der Waals surface area contributed by atoms with Crippen molar-refractivity contribution in [3.05, 3.63) is 60.2 Å². The first-order valence-electron chi connectivity index (χ1n) is 8.05. The van der Waals surface area contributed by atoms with Gasteiger partial charge in [-0.25, -0.2) is 18.2 Å². The van der Waals surface area contributed by atoms with E-state index >= 15 is 0 Å². The van der Waals surface area contributed by atoms with Crippen molar-refractivity contribution < 1.29 is 18.3 Å². The smallest absolute Gasteiger partial charge is 0.225 e. The van der Waals surface area contributed by atoms with Crippen molar-refractivity contribution >= 4 is 17.5 Å². The summed E-state index contributed by atoms with van der Waals surface area (Å²) in [7, 11) is 0. The van der Waals surface area contributed by atoms with Gasteiger partial charge in [0, 0.05) is 30.1 Å². The summed E-state index contributed by atoms with van der Waals surface area (Å²) < 4.78 is 40.5. The highest BCUT2D eigenvalue weighted by Gasteiger charge is 2.15. The van der Waals surface area contributed by atoms with Crippen LogP contribution in [0.5, 0.6) is 0 Å². The van der Waals surface area contributed by atoms with E-state index in [0.29, 0.717) is 11.3 Å². The van der Waals surface area contributed by atoms with E-state index in [0.717, 1.165) is 12.1 Å². The number of benzene rings is 1. The lowest BCUT2D eigenvalue weighted by Gasteiger charge is -2.14. The standard InChI is InChI=1S/C18H16F3N5O/c1-10(9-27)23-18-25-14(11-3-2-6-22-8-11)7-15(26-18)24-13-5-4-12(19)16(20)17(13)21/h2-8,10,27H,9H2,1H3,(H2,23,24,25,26)/t10-/m1/s1. The Morgan fingerprint density at radius 1 is 1.11 bits per heavy atom. The molecule has 6 nitrogen and oxygen atoms in total. The minimum Gasteiger partial charge on any atom is -0.394 e. The molecule has 0 spiro atoms. The molecule has 0 saturated carbocycles. The summed E-state index contributed by atoms with van der Waals surface area (Å²) >= 11 is 0. The lowest BCUT2D eigenvalue weighted by molar-refractivity contribution is 0.281. The predicted octanol–water partition coefficient (Wildman–Crippen LogP) is 3.49. The molecule has 0 aliphatic heterocycles. The highest BCUT2D eigenvalue weighted by atomic mass is 19.2. The van der Waals surface area contributed by atoms with Gasteiger partial charge in [-0.15, -0.1) is 0 Å². The van der Waals surface area contributed by atoms with Crippen molar-refractivity contribution in [3.63, 3.8) is 0 Å². The van der Waals surface area contributed by atoms with Crippen LogP contribution in [-0.2, 0) is 0 Å². The van der Waals surface area contributed by atoms with Crippen LogP contribution < -0.4 is 10.6 Å². The zero-order chi connectivity index (χ0) is 19.4. The molecule has 3 N–H and O–H groups in total. The Morgan fingerprint density at radius 3 is 2.63 bits per heavy atom. The fourth-order valence-corrected chi connectivity index (χ4v) is 2.26. The van der Waals surface area contributed by atoms with Gasteiger partial charge in [-0.2, -0.15) is 4.98 Å². The molecule has 140 valence electrons. The van der Waals surface area contributed by atoms with Crippen LogP contribution in [0.2, 0.25) is 0 Å². The first-order chi connectivity index (χ1) is 13.0. The quantitative estimate of drug-likeness (QED) is 0.572. The van der Waals surface area contributed by atoms with Crippen molar-refractivity contribution in [1.29, 1.82) is 0 Å². The molecule has 0 saturated heterocycles. The SMILES string of the molecule is C[C@H](CO)Nc1nc(Nc2ccc(F)c(F)c2F)cc(-c2cccnc2)n1. The predicted molar refractivity (Wildman–Crippen MR) is 95.0 cm³/mol. The molecular weight excluding hydrogens is 359 g/mol. The Labute approximate surface area is 153 Å². The molecule has 0 bridgehead atoms. The number of aromatic nitrogens is 3. The van der Waals surface area contributed by atoms with Crippen molar-refractivity contribution in [2.45, 2.75) is 13.0 Å². The Kier molecular flexibility index (Phi) is 5.51. The molecule has 3 aromatic rings. The third-order valence-corrected chi connectivity index (χ3v) is 3.63. The van der Waals surface area contributed by atoms with Crippen LogP contribution in [-0.4, -0.2) is 32.7 Å². The lowest BCUT2D eigenvalue weighted by Crippen LogP contribution is -2.21. The first kappa shape index (κ1) is 18.6. The molecule has 0 aliphatic rings. The van der Waals surface area contributed by atoms with Gasteiger partial charge in [-0.3, -0.25) is 4.98 Å². The highest BCUT2D eigenvalue weighted by molar-refractivity contribution is 5.67. The van der Waals surface area contributed by atoms with E-state index < -0.39 is 17.5 Å². The minimum atomic E-state index is -1.58. The van der Waals surface area contributed by atoms with Gasteiger partial charge in [0.1, 0.15) is 5.82 Å². The molecule has 0 aliphatic carbocycles. The van der Waals surface area contributed by atoms with Gasteiger partial charge in [-0.1, -0.05) is 0 Å².